The summed E-state index contributed by atoms with van der Waals surface area (Å²) in [5.41, 5.74) is -8.43. The lowest BCUT2D eigenvalue weighted by molar-refractivity contribution is -0.144. The lowest BCUT2D eigenvalue weighted by Crippen LogP contribution is -2.14. The maximum absolute atomic E-state index is 13.0. The van der Waals surface area contributed by atoms with Crippen LogP contribution in [-0.2, 0) is 24.7 Å². The molecule has 0 amide bonds. The van der Waals surface area contributed by atoms with Crippen molar-refractivity contribution in [2.75, 3.05) is 0 Å². The highest BCUT2D eigenvalue weighted by Crippen LogP contribution is 2.41. The van der Waals surface area contributed by atoms with E-state index in [9.17, 15) is 52.7 Å². The largest absolute Gasteiger partial charge is 0.416 e. The standard InChI is InChI=1S/C18H10F12/c1-8(9-2-11(15(19,20)21)6-12(3-9)16(22,23)24)10-4-13(17(25,26)27)7-14(5-10)18(28,29)30/h2-8H,1H3. The highest BCUT2D eigenvalue weighted by atomic mass is 19.4. The van der Waals surface area contributed by atoms with Crippen molar-refractivity contribution in [2.45, 2.75) is 37.5 Å². The minimum absolute atomic E-state index is 0.191. The van der Waals surface area contributed by atoms with Crippen LogP contribution in [0.2, 0.25) is 0 Å². The Morgan fingerprint density at radius 1 is 0.433 bits per heavy atom. The lowest BCUT2D eigenvalue weighted by Gasteiger charge is -2.20. The van der Waals surface area contributed by atoms with Gasteiger partial charge in [0.25, 0.3) is 0 Å². The van der Waals surface area contributed by atoms with Crippen molar-refractivity contribution in [1.82, 2.24) is 0 Å². The van der Waals surface area contributed by atoms with Gasteiger partial charge in [0.1, 0.15) is 0 Å². The number of benzene rings is 2. The van der Waals surface area contributed by atoms with E-state index in [0.29, 0.717) is 0 Å². The molecule has 30 heavy (non-hydrogen) atoms. The molecule has 0 atom stereocenters. The second-order valence-electron chi connectivity index (χ2n) is 6.40. The van der Waals surface area contributed by atoms with Crippen molar-refractivity contribution in [2.24, 2.45) is 0 Å². The first-order valence-electron chi connectivity index (χ1n) is 7.89. The first kappa shape index (κ1) is 23.9. The second-order valence-corrected chi connectivity index (χ2v) is 6.40. The van der Waals surface area contributed by atoms with Gasteiger partial charge in [0, 0.05) is 5.92 Å². The van der Waals surface area contributed by atoms with Crippen molar-refractivity contribution < 1.29 is 52.7 Å². The minimum atomic E-state index is -5.22. The van der Waals surface area contributed by atoms with Crippen LogP contribution in [0.5, 0.6) is 0 Å². The predicted molar refractivity (Wildman–Crippen MR) is 80.4 cm³/mol. The van der Waals surface area contributed by atoms with Gasteiger partial charge < -0.3 is 0 Å². The number of rotatable bonds is 2. The number of halogens is 12. The molecule has 0 bridgehead atoms. The van der Waals surface area contributed by atoms with Crippen LogP contribution in [0, 0.1) is 0 Å². The molecule has 0 saturated heterocycles. The van der Waals surface area contributed by atoms with Gasteiger partial charge in [-0.15, -0.1) is 0 Å². The Labute approximate surface area is 161 Å². The number of hydrogen-bond donors (Lipinski definition) is 0. The van der Waals surface area contributed by atoms with Gasteiger partial charge in [0.2, 0.25) is 0 Å². The Kier molecular flexibility index (Phi) is 5.87. The third-order valence-corrected chi connectivity index (χ3v) is 4.22. The Morgan fingerprint density at radius 2 is 0.633 bits per heavy atom. The van der Waals surface area contributed by atoms with Gasteiger partial charge in [0.15, 0.2) is 0 Å². The quantitative estimate of drug-likeness (QED) is 0.405. The summed E-state index contributed by atoms with van der Waals surface area (Å²) < 4.78 is 156. The van der Waals surface area contributed by atoms with E-state index in [-0.39, 0.29) is 36.4 Å². The molecule has 0 nitrogen and oxygen atoms in total. The van der Waals surface area contributed by atoms with E-state index in [4.69, 9.17) is 0 Å². The third kappa shape index (κ3) is 5.39. The maximum Gasteiger partial charge on any atom is 0.416 e. The molecule has 12 heteroatoms. The Morgan fingerprint density at radius 3 is 0.800 bits per heavy atom. The molecule has 0 fully saturated rings. The van der Waals surface area contributed by atoms with Gasteiger partial charge in [-0.1, -0.05) is 6.92 Å². The van der Waals surface area contributed by atoms with Crippen LogP contribution in [-0.4, -0.2) is 0 Å². The summed E-state index contributed by atoms with van der Waals surface area (Å²) in [6.07, 6.45) is -20.9. The van der Waals surface area contributed by atoms with Gasteiger partial charge in [-0.25, -0.2) is 0 Å². The van der Waals surface area contributed by atoms with E-state index in [1.807, 2.05) is 0 Å². The van der Waals surface area contributed by atoms with Crippen molar-refractivity contribution in [3.05, 3.63) is 69.8 Å². The van der Waals surface area contributed by atoms with Crippen LogP contribution < -0.4 is 0 Å². The highest BCUT2D eigenvalue weighted by molar-refractivity contribution is 5.43. The summed E-state index contributed by atoms with van der Waals surface area (Å²) in [5.74, 6) is -1.64. The van der Waals surface area contributed by atoms with Crippen molar-refractivity contribution in [3.63, 3.8) is 0 Å². The van der Waals surface area contributed by atoms with Crippen LogP contribution in [0.1, 0.15) is 46.2 Å². The molecule has 2 aromatic rings. The number of alkyl halides is 12. The molecule has 2 rings (SSSR count). The Bertz CT molecular complexity index is 773. The Balaban J connectivity index is 2.72. The van der Waals surface area contributed by atoms with Crippen molar-refractivity contribution in [1.29, 1.82) is 0 Å². The maximum atomic E-state index is 13.0. The molecule has 0 aliphatic carbocycles. The van der Waals surface area contributed by atoms with E-state index in [2.05, 4.69) is 0 Å². The monoisotopic (exact) mass is 454 g/mol. The second kappa shape index (κ2) is 7.38. The summed E-state index contributed by atoms with van der Waals surface area (Å²) in [5, 5.41) is 0. The normalized spacial score (nSPS) is 13.8. The van der Waals surface area contributed by atoms with Gasteiger partial charge in [-0.05, 0) is 47.5 Å². The van der Waals surface area contributed by atoms with Crippen LogP contribution in [0.15, 0.2) is 36.4 Å². The molecule has 0 aliphatic heterocycles. The highest BCUT2D eigenvalue weighted by Gasteiger charge is 2.39. The molecule has 0 heterocycles. The van der Waals surface area contributed by atoms with E-state index in [0.717, 1.165) is 6.92 Å². The lowest BCUT2D eigenvalue weighted by atomic mass is 9.88. The topological polar surface area (TPSA) is 0 Å². The molecule has 0 unspecified atom stereocenters. The molecule has 0 aromatic heterocycles. The fourth-order valence-electron chi connectivity index (χ4n) is 2.65. The van der Waals surface area contributed by atoms with Crippen LogP contribution in [0.3, 0.4) is 0 Å². The smallest absolute Gasteiger partial charge is 0.166 e. The first-order valence-corrected chi connectivity index (χ1v) is 7.89. The zero-order valence-corrected chi connectivity index (χ0v) is 14.6. The Hall–Kier alpha value is -2.40. The van der Waals surface area contributed by atoms with E-state index < -0.39 is 64.0 Å². The fourth-order valence-corrected chi connectivity index (χ4v) is 2.65. The third-order valence-electron chi connectivity index (χ3n) is 4.22. The van der Waals surface area contributed by atoms with Crippen molar-refractivity contribution in [3.8, 4) is 0 Å². The molecule has 2 aromatic carbocycles. The summed E-state index contributed by atoms with van der Waals surface area (Å²) in [7, 11) is 0. The van der Waals surface area contributed by atoms with Gasteiger partial charge in [-0.2, -0.15) is 52.7 Å². The SMILES string of the molecule is CC(c1cc(C(F)(F)F)cc(C(F)(F)F)c1)c1cc(C(F)(F)F)cc(C(F)(F)F)c1. The average molecular weight is 454 g/mol. The molecule has 0 aliphatic rings. The van der Waals surface area contributed by atoms with Crippen molar-refractivity contribution >= 4 is 0 Å². The van der Waals surface area contributed by atoms with Gasteiger partial charge in [-0.3, -0.25) is 0 Å². The molecule has 166 valence electrons. The number of hydrogen-bond acceptors (Lipinski definition) is 0. The molecule has 0 radical (unpaired) electrons. The van der Waals surface area contributed by atoms with Crippen LogP contribution in [0.25, 0.3) is 0 Å². The van der Waals surface area contributed by atoms with Crippen LogP contribution >= 0.6 is 0 Å². The summed E-state index contributed by atoms with van der Waals surface area (Å²) >= 11 is 0. The molecular formula is C18H10F12. The molecule has 0 N–H and O–H groups in total. The summed E-state index contributed by atoms with van der Waals surface area (Å²) in [6, 6.07) is 0.648. The first-order chi connectivity index (χ1) is 13.3. The molecular weight excluding hydrogens is 444 g/mol. The molecule has 0 saturated carbocycles. The van der Waals surface area contributed by atoms with E-state index >= 15 is 0 Å². The van der Waals surface area contributed by atoms with Crippen LogP contribution in [0.4, 0.5) is 52.7 Å². The van der Waals surface area contributed by atoms with E-state index in [1.165, 1.54) is 0 Å². The zero-order chi connectivity index (χ0) is 23.3. The van der Waals surface area contributed by atoms with Gasteiger partial charge >= 0.3 is 24.7 Å². The minimum Gasteiger partial charge on any atom is -0.166 e. The summed E-state index contributed by atoms with van der Waals surface area (Å²) in [6.45, 7) is 0.908. The van der Waals surface area contributed by atoms with Gasteiger partial charge in [0.05, 0.1) is 22.3 Å². The zero-order valence-electron chi connectivity index (χ0n) is 14.6. The average Bonchev–Trinajstić information content (AvgIpc) is 2.57. The fraction of sp³-hybridized carbons (Fsp3) is 0.333. The predicted octanol–water partition coefficient (Wildman–Crippen LogP) is 7.91. The summed E-state index contributed by atoms with van der Waals surface area (Å²) in [4.78, 5) is 0. The molecule has 0 spiro atoms. The van der Waals surface area contributed by atoms with E-state index in [1.54, 1.807) is 0 Å².